The largest absolute Gasteiger partial charge is 0.381 e. The molecule has 0 radical (unpaired) electrons. The summed E-state index contributed by atoms with van der Waals surface area (Å²) < 4.78 is 5.79. The third-order valence-corrected chi connectivity index (χ3v) is 6.05. The first-order valence-electron chi connectivity index (χ1n) is 10.1. The summed E-state index contributed by atoms with van der Waals surface area (Å²) in [5, 5.41) is 4.02. The van der Waals surface area contributed by atoms with Crippen molar-refractivity contribution in [1.29, 1.82) is 0 Å². The number of nitrogens with zero attached hydrogens (tertiary/aromatic N) is 2. The fraction of sp³-hybridized carbons (Fsp3) is 0.600. The predicted octanol–water partition coefficient (Wildman–Crippen LogP) is 3.40. The molecule has 152 valence electrons. The van der Waals surface area contributed by atoms with Crippen molar-refractivity contribution in [2.24, 2.45) is 11.7 Å². The Balaban J connectivity index is 0.000000336. The summed E-state index contributed by atoms with van der Waals surface area (Å²) in [4.78, 5) is 22.0. The summed E-state index contributed by atoms with van der Waals surface area (Å²) in [7, 11) is 1.76. The van der Waals surface area contributed by atoms with Crippen molar-refractivity contribution in [3.8, 4) is 0 Å². The fourth-order valence-corrected chi connectivity index (χ4v) is 4.11. The predicted molar refractivity (Wildman–Crippen MR) is 115 cm³/mol. The molecular formula is C20H28BrN5O2. The zero-order valence-electron chi connectivity index (χ0n) is 16.2. The molecule has 2 aromatic heterocycles. The van der Waals surface area contributed by atoms with Crippen LogP contribution in [0.4, 0.5) is 11.4 Å². The average Bonchev–Trinajstić information content (AvgIpc) is 3.60. The van der Waals surface area contributed by atoms with Gasteiger partial charge in [0.05, 0.1) is 27.3 Å². The van der Waals surface area contributed by atoms with Crippen molar-refractivity contribution in [3.63, 3.8) is 0 Å². The number of rotatable bonds is 4. The summed E-state index contributed by atoms with van der Waals surface area (Å²) in [6.07, 6.45) is 11.0. The number of H-pyrrole nitrogens is 1. The average molecular weight is 450 g/mol. The minimum Gasteiger partial charge on any atom is -0.381 e. The van der Waals surface area contributed by atoms with Gasteiger partial charge in [0.25, 0.3) is 0 Å². The Morgan fingerprint density at radius 1 is 1.36 bits per heavy atom. The van der Waals surface area contributed by atoms with Gasteiger partial charge in [-0.25, -0.2) is 4.98 Å². The molecule has 2 aliphatic carbocycles. The van der Waals surface area contributed by atoms with Gasteiger partial charge in [0, 0.05) is 44.6 Å². The highest BCUT2D eigenvalue weighted by Crippen LogP contribution is 2.39. The minimum absolute atomic E-state index is 0.104. The minimum atomic E-state index is 0.104. The molecule has 1 aliphatic heterocycles. The van der Waals surface area contributed by atoms with E-state index in [0.717, 1.165) is 65.7 Å². The number of nitrogens with one attached hydrogen (secondary N) is 2. The Hall–Kier alpha value is -1.64. The maximum atomic E-state index is 12.2. The van der Waals surface area contributed by atoms with Crippen molar-refractivity contribution >= 4 is 44.2 Å². The normalized spacial score (nSPS) is 22.0. The molecule has 2 aromatic rings. The second kappa shape index (κ2) is 8.39. The number of carbonyl (C=O) groups excluding carboxylic acids is 1. The van der Waals surface area contributed by atoms with Crippen LogP contribution in [0.5, 0.6) is 0 Å². The van der Waals surface area contributed by atoms with E-state index in [1.165, 1.54) is 12.8 Å². The van der Waals surface area contributed by atoms with Crippen molar-refractivity contribution in [2.75, 3.05) is 30.4 Å². The number of pyridine rings is 1. The van der Waals surface area contributed by atoms with Gasteiger partial charge < -0.3 is 25.7 Å². The van der Waals surface area contributed by atoms with E-state index in [2.05, 4.69) is 36.1 Å². The summed E-state index contributed by atoms with van der Waals surface area (Å²) in [5.74, 6) is 0.277. The maximum Gasteiger partial charge on any atom is 0.227 e. The van der Waals surface area contributed by atoms with Crippen LogP contribution in [0.15, 0.2) is 16.9 Å². The molecule has 7 nitrogen and oxygen atoms in total. The summed E-state index contributed by atoms with van der Waals surface area (Å²) in [6.45, 7) is 1.78. The maximum absolute atomic E-state index is 12.2. The van der Waals surface area contributed by atoms with Gasteiger partial charge in [-0.2, -0.15) is 0 Å². The van der Waals surface area contributed by atoms with Gasteiger partial charge in [0.2, 0.25) is 5.91 Å². The zero-order valence-corrected chi connectivity index (χ0v) is 17.8. The highest BCUT2D eigenvalue weighted by atomic mass is 79.9. The van der Waals surface area contributed by atoms with Crippen LogP contribution in [0.3, 0.4) is 0 Å². The van der Waals surface area contributed by atoms with Crippen molar-refractivity contribution in [1.82, 2.24) is 9.97 Å². The van der Waals surface area contributed by atoms with Crippen LogP contribution < -0.4 is 16.0 Å². The molecule has 3 aliphatic rings. The lowest BCUT2D eigenvalue weighted by Crippen LogP contribution is -2.43. The van der Waals surface area contributed by atoms with E-state index in [9.17, 15) is 4.79 Å². The number of nitrogens with two attached hydrogens (primary N) is 1. The Morgan fingerprint density at radius 3 is 2.75 bits per heavy atom. The highest BCUT2D eigenvalue weighted by molar-refractivity contribution is 9.10. The Labute approximate surface area is 173 Å². The molecule has 8 heteroatoms. The van der Waals surface area contributed by atoms with Crippen LogP contribution in [-0.4, -0.2) is 48.2 Å². The Kier molecular flexibility index (Phi) is 5.89. The number of aromatic nitrogens is 2. The number of piperidine rings is 1. The van der Waals surface area contributed by atoms with E-state index < -0.39 is 0 Å². The van der Waals surface area contributed by atoms with Gasteiger partial charge in [-0.3, -0.25) is 4.79 Å². The molecule has 2 saturated carbocycles. The first-order valence-corrected chi connectivity index (χ1v) is 10.9. The van der Waals surface area contributed by atoms with Crippen LogP contribution in [-0.2, 0) is 9.53 Å². The fourth-order valence-electron chi connectivity index (χ4n) is 3.56. The first-order chi connectivity index (χ1) is 13.6. The van der Waals surface area contributed by atoms with E-state index in [-0.39, 0.29) is 17.9 Å². The molecule has 0 aromatic carbocycles. The lowest BCUT2D eigenvalue weighted by molar-refractivity contribution is -0.117. The number of anilines is 2. The smallest absolute Gasteiger partial charge is 0.227 e. The Bertz CT molecular complexity index is 846. The van der Waals surface area contributed by atoms with E-state index in [1.54, 1.807) is 13.3 Å². The first kappa shape index (κ1) is 19.7. The number of methoxy groups -OCH3 is 1. The molecular weight excluding hydrogens is 422 g/mol. The van der Waals surface area contributed by atoms with Gasteiger partial charge in [-0.15, -0.1) is 0 Å². The summed E-state index contributed by atoms with van der Waals surface area (Å²) in [6, 6.07) is 0.183. The van der Waals surface area contributed by atoms with Gasteiger partial charge in [0.1, 0.15) is 5.65 Å². The van der Waals surface area contributed by atoms with Crippen LogP contribution in [0.1, 0.15) is 38.5 Å². The topological polar surface area (TPSA) is 96.3 Å². The van der Waals surface area contributed by atoms with E-state index in [4.69, 9.17) is 10.5 Å². The monoisotopic (exact) mass is 449 g/mol. The number of halogens is 1. The number of aromatic amines is 1. The molecule has 1 unspecified atom stereocenters. The van der Waals surface area contributed by atoms with E-state index in [0.29, 0.717) is 6.10 Å². The molecule has 28 heavy (non-hydrogen) atoms. The number of hydrogen-bond donors (Lipinski definition) is 3. The number of fused-ring (bicyclic) bond motifs is 1. The van der Waals surface area contributed by atoms with Crippen molar-refractivity contribution < 1.29 is 9.53 Å². The van der Waals surface area contributed by atoms with Gasteiger partial charge in [-0.1, -0.05) is 0 Å². The van der Waals surface area contributed by atoms with Crippen LogP contribution in [0.2, 0.25) is 0 Å². The molecule has 1 amide bonds. The molecule has 1 saturated heterocycles. The van der Waals surface area contributed by atoms with Crippen molar-refractivity contribution in [2.45, 2.75) is 50.7 Å². The number of amides is 1. The third-order valence-electron chi connectivity index (χ3n) is 5.47. The SMILES string of the molecule is COC1CC1.NC1CCCN(c2c(Br)cnc3[nH]cc(NC(=O)C4CC4)c23)C1. The van der Waals surface area contributed by atoms with Crippen LogP contribution >= 0.6 is 15.9 Å². The number of ether oxygens (including phenoxy) is 1. The van der Waals surface area contributed by atoms with E-state index >= 15 is 0 Å². The lowest BCUT2D eigenvalue weighted by atomic mass is 10.1. The van der Waals surface area contributed by atoms with Crippen LogP contribution in [0, 0.1) is 5.92 Å². The molecule has 4 N–H and O–H groups in total. The van der Waals surface area contributed by atoms with Gasteiger partial charge in [0.15, 0.2) is 0 Å². The van der Waals surface area contributed by atoms with Gasteiger partial charge >= 0.3 is 0 Å². The number of hydrogen-bond acceptors (Lipinski definition) is 5. The van der Waals surface area contributed by atoms with Gasteiger partial charge in [-0.05, 0) is 54.5 Å². The second-order valence-electron chi connectivity index (χ2n) is 7.93. The molecule has 0 spiro atoms. The highest BCUT2D eigenvalue weighted by Gasteiger charge is 2.31. The lowest BCUT2D eigenvalue weighted by Gasteiger charge is -2.33. The molecule has 0 bridgehead atoms. The molecule has 3 heterocycles. The van der Waals surface area contributed by atoms with Crippen LogP contribution in [0.25, 0.3) is 11.0 Å². The van der Waals surface area contributed by atoms with Crippen molar-refractivity contribution in [3.05, 3.63) is 16.9 Å². The number of carbonyl (C=O) groups is 1. The second-order valence-corrected chi connectivity index (χ2v) is 8.78. The summed E-state index contributed by atoms with van der Waals surface area (Å²) in [5.41, 5.74) is 8.81. The molecule has 5 rings (SSSR count). The molecule has 1 atom stereocenters. The summed E-state index contributed by atoms with van der Waals surface area (Å²) >= 11 is 3.63. The standard InChI is InChI=1S/C16H20BrN5O.C4H8O/c17-11-6-19-15-13(14(11)22-5-1-2-10(18)8-22)12(7-20-15)21-16(23)9-3-4-9;1-5-4-2-3-4/h6-7,9-10H,1-5,8,18H2,(H,19,20)(H,21,23);4H,2-3H2,1H3. The molecule has 3 fully saturated rings. The van der Waals surface area contributed by atoms with E-state index in [1.807, 2.05) is 6.20 Å². The quantitative estimate of drug-likeness (QED) is 0.664. The Morgan fingerprint density at radius 2 is 2.14 bits per heavy atom. The zero-order chi connectivity index (χ0) is 19.7. The third kappa shape index (κ3) is 4.50.